The highest BCUT2D eigenvalue weighted by atomic mass is 32.2. The van der Waals surface area contributed by atoms with E-state index in [4.69, 9.17) is 4.74 Å². The molecule has 1 N–H and O–H groups in total. The molecule has 140 valence electrons. The first-order chi connectivity index (χ1) is 12.3. The van der Waals surface area contributed by atoms with Gasteiger partial charge < -0.3 is 10.1 Å². The maximum Gasteiger partial charge on any atom is 0.304 e. The first-order valence-corrected chi connectivity index (χ1v) is 9.04. The number of rotatable bonds is 7. The van der Waals surface area contributed by atoms with E-state index in [1.54, 1.807) is 24.3 Å². The number of para-hydroxylation sites is 1. The Kier molecular flexibility index (Phi) is 6.17. The first kappa shape index (κ1) is 19.7. The van der Waals surface area contributed by atoms with E-state index in [-0.39, 0.29) is 5.69 Å². The summed E-state index contributed by atoms with van der Waals surface area (Å²) in [5, 5.41) is 2.58. The number of anilines is 2. The van der Waals surface area contributed by atoms with E-state index in [0.29, 0.717) is 11.4 Å². The van der Waals surface area contributed by atoms with Crippen LogP contribution in [0, 0.1) is 5.82 Å². The molecule has 0 aliphatic carbocycles. The summed E-state index contributed by atoms with van der Waals surface area (Å²) >= 11 is 0. The van der Waals surface area contributed by atoms with Crippen LogP contribution in [0.15, 0.2) is 48.5 Å². The molecule has 26 heavy (non-hydrogen) atoms. The Morgan fingerprint density at radius 2 is 1.73 bits per heavy atom. The zero-order chi connectivity index (χ0) is 19.3. The zero-order valence-corrected chi connectivity index (χ0v) is 15.5. The summed E-state index contributed by atoms with van der Waals surface area (Å²) in [4.78, 5) is 12.3. The van der Waals surface area contributed by atoms with Crippen LogP contribution >= 0.6 is 0 Å². The molecule has 0 heterocycles. The monoisotopic (exact) mass is 381 g/mol. The van der Waals surface area contributed by atoms with Gasteiger partial charge in [-0.05, 0) is 36.4 Å². The topological polar surface area (TPSA) is 79.0 Å². The molecule has 0 spiro atoms. The lowest BCUT2D eigenvalue weighted by molar-refractivity contribution is -0.114. The van der Waals surface area contributed by atoms with Crippen molar-refractivity contribution in [2.45, 2.75) is 0 Å². The highest BCUT2D eigenvalue weighted by Gasteiger charge is 2.29. The van der Waals surface area contributed by atoms with Crippen LogP contribution in [-0.2, 0) is 15.0 Å². The average Bonchev–Trinajstić information content (AvgIpc) is 2.61. The van der Waals surface area contributed by atoms with Gasteiger partial charge in [0.2, 0.25) is 5.91 Å². The molecule has 2 aromatic rings. The molecule has 0 saturated heterocycles. The molecule has 0 bridgehead atoms. The molecule has 7 nitrogen and oxygen atoms in total. The quantitative estimate of drug-likeness (QED) is 0.797. The Balaban J connectivity index is 2.26. The number of ether oxygens (including phenoxy) is 1. The smallest absolute Gasteiger partial charge is 0.304 e. The molecule has 0 aliphatic rings. The minimum atomic E-state index is -4.07. The summed E-state index contributed by atoms with van der Waals surface area (Å²) in [6.45, 7) is -0.576. The Bertz CT molecular complexity index is 870. The fraction of sp³-hybridized carbons (Fsp3) is 0.235. The first-order valence-electron chi connectivity index (χ1n) is 7.64. The molecule has 0 aliphatic heterocycles. The Hall–Kier alpha value is -2.65. The molecule has 0 fully saturated rings. The van der Waals surface area contributed by atoms with Crippen LogP contribution in [0.25, 0.3) is 0 Å². The van der Waals surface area contributed by atoms with Crippen molar-refractivity contribution in [3.05, 3.63) is 54.3 Å². The van der Waals surface area contributed by atoms with E-state index >= 15 is 0 Å². The van der Waals surface area contributed by atoms with Crippen molar-refractivity contribution in [1.29, 1.82) is 0 Å². The third-order valence-electron chi connectivity index (χ3n) is 3.52. The second kappa shape index (κ2) is 8.15. The fourth-order valence-electron chi connectivity index (χ4n) is 2.15. The number of hydrogen-bond donors (Lipinski definition) is 1. The number of nitrogens with zero attached hydrogens (tertiary/aromatic N) is 2. The minimum absolute atomic E-state index is 0.203. The summed E-state index contributed by atoms with van der Waals surface area (Å²) in [6.07, 6.45) is 0. The summed E-state index contributed by atoms with van der Waals surface area (Å²) in [6, 6.07) is 11.9. The highest BCUT2D eigenvalue weighted by Crippen LogP contribution is 2.23. The van der Waals surface area contributed by atoms with Gasteiger partial charge in [-0.3, -0.25) is 4.79 Å². The molecular weight excluding hydrogens is 361 g/mol. The zero-order valence-electron chi connectivity index (χ0n) is 14.6. The number of nitrogens with one attached hydrogen (secondary N) is 1. The summed E-state index contributed by atoms with van der Waals surface area (Å²) in [5.74, 6) is -0.731. The highest BCUT2D eigenvalue weighted by molar-refractivity contribution is 7.90. The van der Waals surface area contributed by atoms with Crippen molar-refractivity contribution in [3.63, 3.8) is 0 Å². The van der Waals surface area contributed by atoms with Gasteiger partial charge in [-0.15, -0.1) is 0 Å². The van der Waals surface area contributed by atoms with Gasteiger partial charge in [0.25, 0.3) is 0 Å². The van der Waals surface area contributed by atoms with Gasteiger partial charge in [-0.2, -0.15) is 12.7 Å². The molecular formula is C17H20FN3O4S. The number of carbonyl (C=O) groups excluding carboxylic acids is 1. The Morgan fingerprint density at radius 1 is 1.12 bits per heavy atom. The maximum atomic E-state index is 14.1. The standard InChI is InChI=1S/C17H20FN3O4S/c1-20(2)26(23,24)21(16-7-5-4-6-15(16)18)12-17(22)19-13-8-10-14(25-3)11-9-13/h4-11H,12H2,1-3H3,(H,19,22). The van der Waals surface area contributed by atoms with Crippen LogP contribution in [0.4, 0.5) is 15.8 Å². The van der Waals surface area contributed by atoms with Crippen LogP contribution < -0.4 is 14.4 Å². The van der Waals surface area contributed by atoms with E-state index in [2.05, 4.69) is 5.32 Å². The molecule has 0 radical (unpaired) electrons. The normalized spacial score (nSPS) is 11.3. The van der Waals surface area contributed by atoms with Crippen molar-refractivity contribution in [3.8, 4) is 5.75 Å². The number of carbonyl (C=O) groups is 1. The summed E-state index contributed by atoms with van der Waals surface area (Å²) < 4.78 is 45.9. The molecule has 2 rings (SSSR count). The van der Waals surface area contributed by atoms with Crippen LogP contribution in [0.5, 0.6) is 5.75 Å². The van der Waals surface area contributed by atoms with Gasteiger partial charge in [0, 0.05) is 19.8 Å². The average molecular weight is 381 g/mol. The molecule has 2 aromatic carbocycles. The van der Waals surface area contributed by atoms with E-state index < -0.39 is 28.5 Å². The SMILES string of the molecule is COc1ccc(NC(=O)CN(c2ccccc2F)S(=O)(=O)N(C)C)cc1. The summed E-state index contributed by atoms with van der Waals surface area (Å²) in [7, 11) is 0.0732. The van der Waals surface area contributed by atoms with Crippen LogP contribution in [-0.4, -0.2) is 46.4 Å². The lowest BCUT2D eigenvalue weighted by Crippen LogP contribution is -2.44. The number of halogens is 1. The lowest BCUT2D eigenvalue weighted by Gasteiger charge is -2.27. The number of hydrogen-bond acceptors (Lipinski definition) is 4. The van der Waals surface area contributed by atoms with Gasteiger partial charge in [-0.1, -0.05) is 12.1 Å². The van der Waals surface area contributed by atoms with Crippen LogP contribution in [0.1, 0.15) is 0 Å². The predicted molar refractivity (Wildman–Crippen MR) is 98.0 cm³/mol. The lowest BCUT2D eigenvalue weighted by atomic mass is 10.3. The van der Waals surface area contributed by atoms with Crippen molar-refractivity contribution in [2.24, 2.45) is 0 Å². The predicted octanol–water partition coefficient (Wildman–Crippen LogP) is 2.09. The molecule has 9 heteroatoms. The van der Waals surface area contributed by atoms with Gasteiger partial charge in [-0.25, -0.2) is 8.70 Å². The third-order valence-corrected chi connectivity index (χ3v) is 5.33. The van der Waals surface area contributed by atoms with Gasteiger partial charge in [0.15, 0.2) is 0 Å². The minimum Gasteiger partial charge on any atom is -0.497 e. The van der Waals surface area contributed by atoms with Crippen molar-refractivity contribution < 1.29 is 22.3 Å². The molecule has 1 amide bonds. The van der Waals surface area contributed by atoms with Crippen LogP contribution in [0.2, 0.25) is 0 Å². The van der Waals surface area contributed by atoms with Crippen molar-refractivity contribution in [2.75, 3.05) is 37.4 Å². The van der Waals surface area contributed by atoms with E-state index in [1.165, 1.54) is 39.4 Å². The largest absolute Gasteiger partial charge is 0.497 e. The van der Waals surface area contributed by atoms with Crippen molar-refractivity contribution in [1.82, 2.24) is 4.31 Å². The second-order valence-corrected chi connectivity index (χ2v) is 7.59. The number of methoxy groups -OCH3 is 1. The Labute approximate surface area is 152 Å². The molecule has 0 unspecified atom stereocenters. The van der Waals surface area contributed by atoms with E-state index in [9.17, 15) is 17.6 Å². The molecule has 0 saturated carbocycles. The third kappa shape index (κ3) is 4.50. The Morgan fingerprint density at radius 3 is 2.27 bits per heavy atom. The molecule has 0 aromatic heterocycles. The van der Waals surface area contributed by atoms with E-state index in [0.717, 1.165) is 14.7 Å². The molecule has 0 atom stereocenters. The van der Waals surface area contributed by atoms with Gasteiger partial charge in [0.05, 0.1) is 12.8 Å². The summed E-state index contributed by atoms with van der Waals surface area (Å²) in [5.41, 5.74) is 0.262. The van der Waals surface area contributed by atoms with Gasteiger partial charge in [0.1, 0.15) is 18.1 Å². The van der Waals surface area contributed by atoms with Gasteiger partial charge >= 0.3 is 10.2 Å². The van der Waals surface area contributed by atoms with Crippen molar-refractivity contribution >= 4 is 27.5 Å². The number of amides is 1. The maximum absolute atomic E-state index is 14.1. The number of benzene rings is 2. The fourth-order valence-corrected chi connectivity index (χ4v) is 3.22. The second-order valence-electron chi connectivity index (χ2n) is 5.52. The van der Waals surface area contributed by atoms with E-state index in [1.807, 2.05) is 0 Å². The van der Waals surface area contributed by atoms with Crippen LogP contribution in [0.3, 0.4) is 0 Å².